The van der Waals surface area contributed by atoms with Gasteiger partial charge in [0.15, 0.2) is 18.9 Å². The smallest absolute Gasteiger partial charge is 0.187 e. The zero-order chi connectivity index (χ0) is 42.6. The molecule has 0 unspecified atom stereocenters. The van der Waals surface area contributed by atoms with Crippen molar-refractivity contribution in [3.05, 3.63) is 88.1 Å². The number of ether oxygens (including phenoxy) is 7. The predicted octanol–water partition coefficient (Wildman–Crippen LogP) is 2.37. The number of hydrogen-bond donors (Lipinski definition) is 5. The van der Waals surface area contributed by atoms with E-state index >= 15 is 4.39 Å². The summed E-state index contributed by atoms with van der Waals surface area (Å²) in [7, 11) is 0. The summed E-state index contributed by atoms with van der Waals surface area (Å²) in [5, 5.41) is 72.3. The zero-order valence-electron chi connectivity index (χ0n) is 31.1. The quantitative estimate of drug-likeness (QED) is 0.0858. The van der Waals surface area contributed by atoms with Crippen LogP contribution in [0.5, 0.6) is 0 Å². The van der Waals surface area contributed by atoms with E-state index in [9.17, 15) is 36.6 Å². The van der Waals surface area contributed by atoms with Crippen LogP contribution in [0.25, 0.3) is 52.2 Å². The molecular formula is C31H42FN15O12. The molecular weight excluding hydrogens is 793 g/mol. The fraction of sp³-hybridized carbons (Fsp3) is 0.806. The number of alkyl halides is 1. The Morgan fingerprint density at radius 3 is 1.90 bits per heavy atom. The summed E-state index contributed by atoms with van der Waals surface area (Å²) in [4.78, 5) is 13.6. The third-order valence-corrected chi connectivity index (χ3v) is 10.4. The summed E-state index contributed by atoms with van der Waals surface area (Å²) in [6, 6.07) is 4.47. The van der Waals surface area contributed by atoms with Crippen LogP contribution in [-0.2, 0) is 39.8 Å². The number of rotatable bonds is 17. The van der Waals surface area contributed by atoms with Crippen LogP contribution in [0.4, 0.5) is 4.39 Å². The first kappa shape index (κ1) is 45.3. The van der Waals surface area contributed by atoms with Gasteiger partial charge in [-0.05, 0) is 39.6 Å². The van der Waals surface area contributed by atoms with E-state index in [0.717, 1.165) is 0 Å². The molecule has 1 aliphatic carbocycles. The van der Waals surface area contributed by atoms with E-state index in [4.69, 9.17) is 49.8 Å². The highest BCUT2D eigenvalue weighted by Crippen LogP contribution is 2.39. The second-order valence-corrected chi connectivity index (χ2v) is 13.9. The topological polar surface area (TPSA) is 410 Å². The molecule has 0 radical (unpaired) electrons. The second kappa shape index (κ2) is 21.5. The highest BCUT2D eigenvalue weighted by atomic mass is 19.1. The maximum atomic E-state index is 16.3. The molecule has 0 bridgehead atoms. The van der Waals surface area contributed by atoms with Crippen molar-refractivity contribution in [1.82, 2.24) is 0 Å². The van der Waals surface area contributed by atoms with Crippen LogP contribution in [0.1, 0.15) is 18.9 Å². The molecule has 320 valence electrons. The zero-order valence-corrected chi connectivity index (χ0v) is 31.1. The minimum Gasteiger partial charge on any atom is -0.394 e. The Kier molecular flexibility index (Phi) is 16.5. The molecule has 3 heterocycles. The Bertz CT molecular complexity index is 1800. The fourth-order valence-corrected chi connectivity index (χ4v) is 7.32. The highest BCUT2D eigenvalue weighted by Gasteiger charge is 2.55. The van der Waals surface area contributed by atoms with Crippen molar-refractivity contribution in [2.45, 2.75) is 130 Å². The van der Waals surface area contributed by atoms with E-state index in [1.165, 1.54) is 6.92 Å². The summed E-state index contributed by atoms with van der Waals surface area (Å²) in [5.74, 6) is -0.882. The van der Waals surface area contributed by atoms with E-state index in [1.54, 1.807) is 30.3 Å². The van der Waals surface area contributed by atoms with Crippen LogP contribution >= 0.6 is 0 Å². The van der Waals surface area contributed by atoms with Crippen LogP contribution in [0.3, 0.4) is 0 Å². The third kappa shape index (κ3) is 10.5. The van der Waals surface area contributed by atoms with Gasteiger partial charge in [0.05, 0.1) is 68.9 Å². The molecule has 28 heteroatoms. The van der Waals surface area contributed by atoms with Gasteiger partial charge in [0.25, 0.3) is 0 Å². The molecule has 5 N–H and O–H groups in total. The summed E-state index contributed by atoms with van der Waals surface area (Å²) in [6.45, 7) is -0.231. The maximum Gasteiger partial charge on any atom is 0.187 e. The van der Waals surface area contributed by atoms with Gasteiger partial charge in [-0.3, -0.25) is 0 Å². The van der Waals surface area contributed by atoms with Crippen LogP contribution in [0.2, 0.25) is 0 Å². The molecule has 1 aromatic carbocycles. The van der Waals surface area contributed by atoms with Crippen molar-refractivity contribution in [3.63, 3.8) is 0 Å². The summed E-state index contributed by atoms with van der Waals surface area (Å²) in [5.41, 5.74) is 46.4. The van der Waals surface area contributed by atoms with Crippen LogP contribution < -0.4 is 0 Å². The summed E-state index contributed by atoms with van der Waals surface area (Å²) < 4.78 is 58.1. The van der Waals surface area contributed by atoms with E-state index in [1.807, 2.05) is 0 Å². The van der Waals surface area contributed by atoms with Crippen LogP contribution in [0, 0.1) is 5.92 Å². The molecule has 1 saturated carbocycles. The fourth-order valence-electron chi connectivity index (χ4n) is 7.32. The molecule has 59 heavy (non-hydrogen) atoms. The third-order valence-electron chi connectivity index (χ3n) is 10.4. The largest absolute Gasteiger partial charge is 0.394 e. The minimum absolute atomic E-state index is 0.103. The molecule has 0 amide bonds. The molecule has 4 fully saturated rings. The minimum atomic E-state index is -1.90. The Morgan fingerprint density at radius 1 is 0.661 bits per heavy atom. The second-order valence-electron chi connectivity index (χ2n) is 13.9. The molecule has 0 aromatic heterocycles. The summed E-state index contributed by atoms with van der Waals surface area (Å²) in [6.07, 6.45) is -24.8. The Hall–Kier alpha value is -4.78. The van der Waals surface area contributed by atoms with Crippen molar-refractivity contribution < 1.29 is 63.1 Å². The highest BCUT2D eigenvalue weighted by molar-refractivity contribution is 5.13. The van der Waals surface area contributed by atoms with Crippen LogP contribution in [-0.4, -0.2) is 156 Å². The van der Waals surface area contributed by atoms with Gasteiger partial charge in [-0.25, -0.2) is 4.39 Å². The van der Waals surface area contributed by atoms with Gasteiger partial charge in [0.2, 0.25) is 0 Å². The number of azide groups is 5. The van der Waals surface area contributed by atoms with Crippen molar-refractivity contribution in [1.29, 1.82) is 0 Å². The Balaban J connectivity index is 1.45. The van der Waals surface area contributed by atoms with Crippen molar-refractivity contribution in [2.75, 3.05) is 19.7 Å². The molecule has 3 saturated heterocycles. The van der Waals surface area contributed by atoms with Crippen LogP contribution in [0.15, 0.2) is 55.9 Å². The first-order chi connectivity index (χ1) is 28.5. The number of aliphatic hydroxyl groups is 5. The Morgan fingerprint density at radius 2 is 1.25 bits per heavy atom. The average Bonchev–Trinajstić information content (AvgIpc) is 3.53. The lowest BCUT2D eigenvalue weighted by Crippen LogP contribution is -2.62. The molecule has 0 spiro atoms. The predicted molar refractivity (Wildman–Crippen MR) is 192 cm³/mol. The van der Waals surface area contributed by atoms with E-state index < -0.39 is 129 Å². The van der Waals surface area contributed by atoms with Gasteiger partial charge >= 0.3 is 0 Å². The lowest BCUT2D eigenvalue weighted by Gasteiger charge is -2.47. The molecule has 19 atom stereocenters. The maximum absolute atomic E-state index is 16.3. The van der Waals surface area contributed by atoms with E-state index in [-0.39, 0.29) is 19.6 Å². The number of aliphatic hydroxyl groups excluding tert-OH is 5. The normalized spacial score (nSPS) is 40.6. The SMILES string of the molecule is C[C@H]1[C@H](F)[C@@H](OCc2ccccc2)[C@@H](O[C@H]2[C@H](O[C@@H]3O[C@H](CO)[C@@H](O[C@H]4O[C@@H](CN=[N+]=[N-])[C@@H](O)[C@H](O)[C@H]4N=[N+]=[N-])[C@H]3O)[C@@H](O)[C@H](N=[N+]=[N-])C[C@@H]2N=[N+]=[N-])O[C@@H]1CN=[N+]=[N-]. The van der Waals surface area contributed by atoms with Crippen molar-refractivity contribution >= 4 is 0 Å². The standard InChI is InChI=1S/C31H42FN15O12/c1-12-16(8-38-43-33)54-31(27(19(12)32)53-11-13-5-3-2-4-6-13)57-25-15(41-46-36)7-14(40-45-35)21(49)28(25)59-30-24(52)26(18(10-48)56-30)58-29-20(42-47-37)23(51)22(50)17(55-29)9-39-44-34/h2-6,12,14-31,48-52H,7-11H2,1H3/t12-,14-,15+,16-,17+,18-,19+,20-,21+,22-,23-,24-,25-,26-,27-,28-,29-,30+,31-/m1/s1. The van der Waals surface area contributed by atoms with Gasteiger partial charge in [-0.1, -0.05) is 62.8 Å². The van der Waals surface area contributed by atoms with E-state index in [2.05, 4.69) is 50.1 Å². The number of halogens is 1. The molecule has 4 aliphatic rings. The van der Waals surface area contributed by atoms with Crippen molar-refractivity contribution in [3.8, 4) is 0 Å². The van der Waals surface area contributed by atoms with Gasteiger partial charge in [-0.2, -0.15) is 0 Å². The average molecular weight is 836 g/mol. The number of nitrogens with zero attached hydrogens (tertiary/aromatic N) is 15. The van der Waals surface area contributed by atoms with E-state index in [0.29, 0.717) is 5.56 Å². The number of hydrogen-bond acceptors (Lipinski definition) is 17. The lowest BCUT2D eigenvalue weighted by molar-refractivity contribution is -0.324. The van der Waals surface area contributed by atoms with Gasteiger partial charge in [0.1, 0.15) is 48.8 Å². The molecule has 1 aromatic rings. The number of benzene rings is 1. The summed E-state index contributed by atoms with van der Waals surface area (Å²) >= 11 is 0. The Labute approximate surface area is 332 Å². The molecule has 27 nitrogen and oxygen atoms in total. The monoisotopic (exact) mass is 835 g/mol. The lowest BCUT2D eigenvalue weighted by atomic mass is 9.84. The van der Waals surface area contributed by atoms with Gasteiger partial charge < -0.3 is 58.7 Å². The molecule has 5 rings (SSSR count). The molecule has 3 aliphatic heterocycles. The van der Waals surface area contributed by atoms with Gasteiger partial charge in [-0.15, -0.1) is 0 Å². The van der Waals surface area contributed by atoms with Crippen molar-refractivity contribution in [2.24, 2.45) is 31.5 Å². The first-order valence-electron chi connectivity index (χ1n) is 18.2. The van der Waals surface area contributed by atoms with Gasteiger partial charge in [0, 0.05) is 30.5 Å². The first-order valence-corrected chi connectivity index (χ1v) is 18.2.